The topological polar surface area (TPSA) is 50.9 Å². The number of nitrogens with one attached hydrogen (secondary N) is 1. The number of rotatable bonds is 5. The molecular weight excluding hydrogens is 222 g/mol. The van der Waals surface area contributed by atoms with Crippen LogP contribution >= 0.6 is 0 Å². The Bertz CT molecular complexity index is 543. The van der Waals surface area contributed by atoms with Crippen molar-refractivity contribution in [1.29, 1.82) is 0 Å². The average Bonchev–Trinajstić information content (AvgIpc) is 2.39. The van der Waals surface area contributed by atoms with E-state index in [9.17, 15) is 0 Å². The molecule has 1 heterocycles. The molecule has 0 aliphatic heterocycles. The van der Waals surface area contributed by atoms with Crippen LogP contribution in [-0.4, -0.2) is 4.98 Å². The van der Waals surface area contributed by atoms with Crippen molar-refractivity contribution in [3.8, 4) is 0 Å². The van der Waals surface area contributed by atoms with Gasteiger partial charge in [0.1, 0.15) is 0 Å². The van der Waals surface area contributed by atoms with Crippen LogP contribution in [0.15, 0.2) is 48.7 Å². The molecule has 0 aliphatic carbocycles. The summed E-state index contributed by atoms with van der Waals surface area (Å²) in [6, 6.07) is 10.3. The van der Waals surface area contributed by atoms with Crippen LogP contribution in [0.5, 0.6) is 0 Å². The van der Waals surface area contributed by atoms with Crippen molar-refractivity contribution in [3.63, 3.8) is 0 Å². The maximum Gasteiger partial charge on any atom is 0.0664 e. The van der Waals surface area contributed by atoms with Crippen molar-refractivity contribution in [2.24, 2.45) is 5.84 Å². The molecule has 0 aliphatic rings. The van der Waals surface area contributed by atoms with Crippen molar-refractivity contribution in [2.75, 3.05) is 0 Å². The first kappa shape index (κ1) is 12.7. The van der Waals surface area contributed by atoms with Gasteiger partial charge >= 0.3 is 0 Å². The minimum absolute atomic E-state index is 0.0628. The highest BCUT2D eigenvalue weighted by atomic mass is 15.2. The van der Waals surface area contributed by atoms with E-state index in [0.29, 0.717) is 0 Å². The second-order valence-corrected chi connectivity index (χ2v) is 4.63. The Balaban J connectivity index is 2.35. The van der Waals surface area contributed by atoms with Crippen LogP contribution in [0.2, 0.25) is 0 Å². The number of fused-ring (bicyclic) bond motifs is 1. The van der Waals surface area contributed by atoms with Crippen LogP contribution in [0.1, 0.15) is 31.5 Å². The third kappa shape index (κ3) is 2.75. The van der Waals surface area contributed by atoms with Crippen molar-refractivity contribution in [1.82, 2.24) is 10.4 Å². The molecule has 0 amide bonds. The first-order chi connectivity index (χ1) is 8.72. The van der Waals surface area contributed by atoms with E-state index in [-0.39, 0.29) is 6.04 Å². The Morgan fingerprint density at radius 2 is 2.17 bits per heavy atom. The summed E-state index contributed by atoms with van der Waals surface area (Å²) >= 11 is 0. The summed E-state index contributed by atoms with van der Waals surface area (Å²) in [5, 5.41) is 2.35. The van der Waals surface area contributed by atoms with Gasteiger partial charge in [0.2, 0.25) is 0 Å². The summed E-state index contributed by atoms with van der Waals surface area (Å²) in [4.78, 5) is 4.48. The monoisotopic (exact) mass is 241 g/mol. The number of hydrazine groups is 1. The minimum Gasteiger partial charge on any atom is -0.271 e. The van der Waals surface area contributed by atoms with Gasteiger partial charge in [-0.3, -0.25) is 16.3 Å². The standard InChI is InChI=1S/C15H19N3/c1-11(2)7-8-14(18-16)15-13-6-4-3-5-12(13)9-10-17-15/h3-6,9-10,14,18H,1,7-8,16H2,2H3. The van der Waals surface area contributed by atoms with Crippen LogP contribution < -0.4 is 11.3 Å². The van der Waals surface area contributed by atoms with Gasteiger partial charge in [0, 0.05) is 11.6 Å². The molecule has 0 spiro atoms. The molecule has 0 fully saturated rings. The van der Waals surface area contributed by atoms with E-state index >= 15 is 0 Å². The average molecular weight is 241 g/mol. The number of benzene rings is 1. The van der Waals surface area contributed by atoms with E-state index in [1.807, 2.05) is 31.3 Å². The van der Waals surface area contributed by atoms with Crippen molar-refractivity contribution in [3.05, 3.63) is 54.4 Å². The SMILES string of the molecule is C=C(C)CCC(NN)c1nccc2ccccc12. The Morgan fingerprint density at radius 1 is 1.39 bits per heavy atom. The Hall–Kier alpha value is -1.71. The van der Waals surface area contributed by atoms with Gasteiger partial charge in [-0.15, -0.1) is 6.58 Å². The lowest BCUT2D eigenvalue weighted by Crippen LogP contribution is -2.28. The van der Waals surface area contributed by atoms with Gasteiger partial charge in [-0.2, -0.15) is 0 Å². The first-order valence-corrected chi connectivity index (χ1v) is 6.16. The molecule has 2 aromatic rings. The van der Waals surface area contributed by atoms with Gasteiger partial charge < -0.3 is 0 Å². The molecule has 94 valence electrons. The van der Waals surface area contributed by atoms with Gasteiger partial charge in [0.15, 0.2) is 0 Å². The van der Waals surface area contributed by atoms with E-state index in [4.69, 9.17) is 5.84 Å². The van der Waals surface area contributed by atoms with Crippen LogP contribution in [0, 0.1) is 0 Å². The lowest BCUT2D eigenvalue weighted by Gasteiger charge is -2.17. The molecular formula is C15H19N3. The fourth-order valence-corrected chi connectivity index (χ4v) is 2.11. The highest BCUT2D eigenvalue weighted by Crippen LogP contribution is 2.25. The van der Waals surface area contributed by atoms with Gasteiger partial charge in [-0.25, -0.2) is 0 Å². The van der Waals surface area contributed by atoms with E-state index in [1.54, 1.807) is 0 Å². The van der Waals surface area contributed by atoms with Gasteiger partial charge in [-0.1, -0.05) is 29.8 Å². The van der Waals surface area contributed by atoms with Crippen LogP contribution in [0.4, 0.5) is 0 Å². The Morgan fingerprint density at radius 3 is 2.89 bits per heavy atom. The molecule has 0 radical (unpaired) electrons. The number of nitrogens with two attached hydrogens (primary N) is 1. The number of pyridine rings is 1. The fourth-order valence-electron chi connectivity index (χ4n) is 2.11. The summed E-state index contributed by atoms with van der Waals surface area (Å²) in [5.41, 5.74) is 5.04. The molecule has 1 unspecified atom stereocenters. The van der Waals surface area contributed by atoms with Gasteiger partial charge in [0.25, 0.3) is 0 Å². The number of allylic oxidation sites excluding steroid dienone is 1. The zero-order valence-corrected chi connectivity index (χ0v) is 10.7. The zero-order valence-electron chi connectivity index (χ0n) is 10.7. The molecule has 3 heteroatoms. The lowest BCUT2D eigenvalue weighted by atomic mass is 10.0. The number of hydrogen-bond acceptors (Lipinski definition) is 3. The second kappa shape index (κ2) is 5.76. The Kier molecular flexibility index (Phi) is 4.07. The highest BCUT2D eigenvalue weighted by molar-refractivity contribution is 5.84. The quantitative estimate of drug-likeness (QED) is 0.480. The summed E-state index contributed by atoms with van der Waals surface area (Å²) in [5.74, 6) is 5.66. The largest absolute Gasteiger partial charge is 0.271 e. The molecule has 18 heavy (non-hydrogen) atoms. The molecule has 3 nitrogen and oxygen atoms in total. The van der Waals surface area contributed by atoms with Crippen molar-refractivity contribution < 1.29 is 0 Å². The molecule has 2 rings (SSSR count). The third-order valence-corrected chi connectivity index (χ3v) is 3.10. The molecule has 3 N–H and O–H groups in total. The van der Waals surface area contributed by atoms with Crippen LogP contribution in [0.25, 0.3) is 10.8 Å². The maximum atomic E-state index is 5.66. The van der Waals surface area contributed by atoms with E-state index < -0.39 is 0 Å². The van der Waals surface area contributed by atoms with Crippen molar-refractivity contribution in [2.45, 2.75) is 25.8 Å². The predicted octanol–water partition coefficient (Wildman–Crippen LogP) is 3.10. The number of nitrogens with zero attached hydrogens (tertiary/aromatic N) is 1. The molecule has 0 bridgehead atoms. The number of aromatic nitrogens is 1. The summed E-state index contributed by atoms with van der Waals surface area (Å²) in [6.07, 6.45) is 3.69. The molecule has 1 aromatic carbocycles. The number of hydrogen-bond donors (Lipinski definition) is 2. The molecule has 0 saturated carbocycles. The smallest absolute Gasteiger partial charge is 0.0664 e. The van der Waals surface area contributed by atoms with E-state index in [0.717, 1.165) is 29.5 Å². The van der Waals surface area contributed by atoms with E-state index in [2.05, 4.69) is 29.1 Å². The summed E-state index contributed by atoms with van der Waals surface area (Å²) in [7, 11) is 0. The molecule has 1 atom stereocenters. The van der Waals surface area contributed by atoms with Crippen LogP contribution in [-0.2, 0) is 0 Å². The van der Waals surface area contributed by atoms with Gasteiger partial charge in [-0.05, 0) is 31.2 Å². The maximum absolute atomic E-state index is 5.66. The zero-order chi connectivity index (χ0) is 13.0. The summed E-state index contributed by atoms with van der Waals surface area (Å²) < 4.78 is 0. The Labute approximate surface area is 108 Å². The molecule has 0 saturated heterocycles. The van der Waals surface area contributed by atoms with Crippen molar-refractivity contribution >= 4 is 10.8 Å². The second-order valence-electron chi connectivity index (χ2n) is 4.63. The predicted molar refractivity (Wildman–Crippen MR) is 75.9 cm³/mol. The fraction of sp³-hybridized carbons (Fsp3) is 0.267. The van der Waals surface area contributed by atoms with E-state index in [1.165, 1.54) is 5.39 Å². The molecule has 1 aromatic heterocycles. The van der Waals surface area contributed by atoms with Gasteiger partial charge in [0.05, 0.1) is 11.7 Å². The normalized spacial score (nSPS) is 12.6. The lowest BCUT2D eigenvalue weighted by molar-refractivity contribution is 0.508. The van der Waals surface area contributed by atoms with Crippen LogP contribution in [0.3, 0.4) is 0 Å². The highest BCUT2D eigenvalue weighted by Gasteiger charge is 2.13. The third-order valence-electron chi connectivity index (χ3n) is 3.10. The minimum atomic E-state index is 0.0628. The summed E-state index contributed by atoms with van der Waals surface area (Å²) in [6.45, 7) is 5.96. The first-order valence-electron chi connectivity index (χ1n) is 6.16.